The minimum atomic E-state index is 0.518. The smallest absolute Gasteiger partial charge is 0.213 e. The Morgan fingerprint density at radius 3 is 1.61 bits per heavy atom. The zero-order valence-electron chi connectivity index (χ0n) is 17.6. The molecule has 0 amide bonds. The lowest BCUT2D eigenvalue weighted by molar-refractivity contribution is 0.111. The van der Waals surface area contributed by atoms with Gasteiger partial charge in [0.1, 0.15) is 11.0 Å². The number of carbonyl (C=O) groups is 2. The van der Waals surface area contributed by atoms with Crippen molar-refractivity contribution in [1.29, 1.82) is 0 Å². The fraction of sp³-hybridized carbons (Fsp3) is 0.304. The number of pyridine rings is 2. The molecule has 4 rings (SSSR count). The number of aryl methyl sites for hydroxylation is 2. The second-order valence-corrected chi connectivity index (χ2v) is 7.42. The molecule has 0 aliphatic carbocycles. The molecular formula is C23H24N4O4. The Kier molecular flexibility index (Phi) is 5.97. The van der Waals surface area contributed by atoms with Crippen molar-refractivity contribution in [2.45, 2.75) is 19.3 Å². The topological polar surface area (TPSA) is 88.2 Å². The van der Waals surface area contributed by atoms with Crippen molar-refractivity contribution in [3.63, 3.8) is 0 Å². The van der Waals surface area contributed by atoms with E-state index in [1.54, 1.807) is 12.4 Å². The highest BCUT2D eigenvalue weighted by atomic mass is 16.5. The van der Waals surface area contributed by atoms with Crippen LogP contribution in [0.4, 0.5) is 0 Å². The predicted octanol–water partition coefficient (Wildman–Crippen LogP) is 3.71. The summed E-state index contributed by atoms with van der Waals surface area (Å²) in [5.41, 5.74) is 4.22. The zero-order chi connectivity index (χ0) is 21.8. The molecule has 4 heterocycles. The molecule has 0 unspecified atom stereocenters. The van der Waals surface area contributed by atoms with Crippen LogP contribution in [0.3, 0.4) is 0 Å². The van der Waals surface area contributed by atoms with Crippen LogP contribution < -0.4 is 9.47 Å². The van der Waals surface area contributed by atoms with Gasteiger partial charge in [-0.2, -0.15) is 0 Å². The predicted molar refractivity (Wildman–Crippen MR) is 117 cm³/mol. The van der Waals surface area contributed by atoms with Gasteiger partial charge >= 0.3 is 0 Å². The molecule has 0 aliphatic heterocycles. The lowest BCUT2D eigenvalue weighted by atomic mass is 10.2. The quantitative estimate of drug-likeness (QED) is 0.287. The molecule has 0 N–H and O–H groups in total. The third kappa shape index (κ3) is 4.28. The van der Waals surface area contributed by atoms with Gasteiger partial charge in [-0.3, -0.25) is 9.59 Å². The van der Waals surface area contributed by atoms with Crippen molar-refractivity contribution in [1.82, 2.24) is 19.1 Å². The molecule has 0 radical (unpaired) electrons. The molecule has 0 aromatic carbocycles. The van der Waals surface area contributed by atoms with Crippen molar-refractivity contribution in [3.8, 4) is 11.8 Å². The maximum Gasteiger partial charge on any atom is 0.213 e. The molecule has 160 valence electrons. The summed E-state index contributed by atoms with van der Waals surface area (Å²) in [5.74, 6) is 1.04. The second kappa shape index (κ2) is 8.99. The van der Waals surface area contributed by atoms with Crippen LogP contribution in [0.2, 0.25) is 0 Å². The van der Waals surface area contributed by atoms with Gasteiger partial charge in [-0.05, 0) is 31.4 Å². The van der Waals surface area contributed by atoms with E-state index in [0.717, 1.165) is 42.9 Å². The van der Waals surface area contributed by atoms with Gasteiger partial charge in [0.2, 0.25) is 11.8 Å². The number of hydrogen-bond donors (Lipinski definition) is 0. The van der Waals surface area contributed by atoms with Gasteiger partial charge in [-0.25, -0.2) is 9.97 Å². The molecule has 8 heteroatoms. The number of aromatic nitrogens is 4. The van der Waals surface area contributed by atoms with Gasteiger partial charge in [0.15, 0.2) is 12.6 Å². The number of carbonyl (C=O) groups excluding carboxylic acids is 2. The maximum absolute atomic E-state index is 11.2. The summed E-state index contributed by atoms with van der Waals surface area (Å²) in [6.45, 7) is 1.08. The first-order valence-corrected chi connectivity index (χ1v) is 10.2. The molecule has 0 aliphatic rings. The SMILES string of the molecule is Cn1cc(C=O)c2nc(OCCCCCOc3ccc4c(n3)c(C=O)cn4C)ccc21. The molecule has 0 atom stereocenters. The Labute approximate surface area is 179 Å². The molecule has 0 spiro atoms. The molecule has 4 aromatic rings. The lowest BCUT2D eigenvalue weighted by Crippen LogP contribution is -2.03. The Morgan fingerprint density at radius 1 is 0.742 bits per heavy atom. The van der Waals surface area contributed by atoms with E-state index in [1.807, 2.05) is 47.5 Å². The minimum absolute atomic E-state index is 0.518. The maximum atomic E-state index is 11.2. The minimum Gasteiger partial charge on any atom is -0.478 e. The average Bonchev–Trinajstić information content (AvgIpc) is 3.28. The summed E-state index contributed by atoms with van der Waals surface area (Å²) in [6, 6.07) is 7.45. The van der Waals surface area contributed by atoms with E-state index in [2.05, 4.69) is 9.97 Å². The number of hydrogen-bond acceptors (Lipinski definition) is 6. The first kappa shape index (κ1) is 20.6. The molecule has 0 fully saturated rings. The third-order valence-corrected chi connectivity index (χ3v) is 5.21. The van der Waals surface area contributed by atoms with E-state index < -0.39 is 0 Å². The van der Waals surface area contributed by atoms with Crippen LogP contribution in [0.25, 0.3) is 22.1 Å². The number of rotatable bonds is 10. The van der Waals surface area contributed by atoms with Crippen molar-refractivity contribution in [3.05, 3.63) is 47.8 Å². The van der Waals surface area contributed by atoms with Gasteiger partial charge in [0.25, 0.3) is 0 Å². The van der Waals surface area contributed by atoms with Crippen LogP contribution in [0.5, 0.6) is 11.8 Å². The van der Waals surface area contributed by atoms with E-state index in [9.17, 15) is 9.59 Å². The summed E-state index contributed by atoms with van der Waals surface area (Å²) >= 11 is 0. The van der Waals surface area contributed by atoms with Crippen LogP contribution in [-0.4, -0.2) is 44.9 Å². The van der Waals surface area contributed by atoms with E-state index in [4.69, 9.17) is 9.47 Å². The molecule has 8 nitrogen and oxygen atoms in total. The number of unbranched alkanes of at least 4 members (excludes halogenated alkanes) is 2. The summed E-state index contributed by atoms with van der Waals surface area (Å²) in [4.78, 5) is 31.3. The number of fused-ring (bicyclic) bond motifs is 2. The normalized spacial score (nSPS) is 11.2. The van der Waals surface area contributed by atoms with Gasteiger partial charge < -0.3 is 18.6 Å². The van der Waals surface area contributed by atoms with Crippen molar-refractivity contribution >= 4 is 34.6 Å². The number of nitrogens with zero attached hydrogens (tertiary/aromatic N) is 4. The average molecular weight is 420 g/mol. The molecule has 0 saturated heterocycles. The van der Waals surface area contributed by atoms with Crippen LogP contribution in [0.1, 0.15) is 40.0 Å². The summed E-state index contributed by atoms with van der Waals surface area (Å²) in [5, 5.41) is 0. The highest BCUT2D eigenvalue weighted by Gasteiger charge is 2.10. The van der Waals surface area contributed by atoms with E-state index in [-0.39, 0.29) is 0 Å². The van der Waals surface area contributed by atoms with Crippen LogP contribution in [0.15, 0.2) is 36.7 Å². The Bertz CT molecular complexity index is 1150. The van der Waals surface area contributed by atoms with Crippen LogP contribution >= 0.6 is 0 Å². The lowest BCUT2D eigenvalue weighted by Gasteiger charge is -2.07. The van der Waals surface area contributed by atoms with E-state index in [0.29, 0.717) is 47.1 Å². The standard InChI is InChI=1S/C23H24N4O4/c1-26-12-16(14-28)22-18(26)6-8-20(24-22)30-10-4-3-5-11-31-21-9-7-19-23(25-21)17(15-29)13-27(19)2/h6-9,12-15H,3-5,10-11H2,1-2H3. The Morgan fingerprint density at radius 2 is 1.19 bits per heavy atom. The molecule has 0 bridgehead atoms. The molecule has 0 saturated carbocycles. The van der Waals surface area contributed by atoms with E-state index >= 15 is 0 Å². The Balaban J connectivity index is 1.22. The fourth-order valence-corrected chi connectivity index (χ4v) is 3.61. The monoisotopic (exact) mass is 420 g/mol. The molecule has 31 heavy (non-hydrogen) atoms. The summed E-state index contributed by atoms with van der Waals surface area (Å²) < 4.78 is 15.2. The van der Waals surface area contributed by atoms with Crippen LogP contribution in [0, 0.1) is 0 Å². The molecule has 4 aromatic heterocycles. The van der Waals surface area contributed by atoms with Gasteiger partial charge in [-0.1, -0.05) is 0 Å². The van der Waals surface area contributed by atoms with Gasteiger partial charge in [0.05, 0.1) is 35.4 Å². The van der Waals surface area contributed by atoms with Crippen molar-refractivity contribution in [2.75, 3.05) is 13.2 Å². The summed E-state index contributed by atoms with van der Waals surface area (Å²) in [6.07, 6.45) is 7.79. The van der Waals surface area contributed by atoms with Crippen molar-refractivity contribution in [2.24, 2.45) is 14.1 Å². The highest BCUT2D eigenvalue weighted by Crippen LogP contribution is 2.22. The summed E-state index contributed by atoms with van der Waals surface area (Å²) in [7, 11) is 3.77. The fourth-order valence-electron chi connectivity index (χ4n) is 3.61. The largest absolute Gasteiger partial charge is 0.478 e. The Hall–Kier alpha value is -3.68. The third-order valence-electron chi connectivity index (χ3n) is 5.21. The first-order valence-electron chi connectivity index (χ1n) is 10.2. The molecular weight excluding hydrogens is 396 g/mol. The van der Waals surface area contributed by atoms with E-state index in [1.165, 1.54) is 0 Å². The van der Waals surface area contributed by atoms with Crippen molar-refractivity contribution < 1.29 is 19.1 Å². The highest BCUT2D eigenvalue weighted by molar-refractivity contribution is 5.96. The van der Waals surface area contributed by atoms with Gasteiger partial charge in [-0.15, -0.1) is 0 Å². The van der Waals surface area contributed by atoms with Crippen LogP contribution in [-0.2, 0) is 14.1 Å². The number of ether oxygens (including phenoxy) is 2. The number of aldehydes is 2. The van der Waals surface area contributed by atoms with Gasteiger partial charge in [0, 0.05) is 38.6 Å². The first-order chi connectivity index (χ1) is 15.1. The zero-order valence-corrected chi connectivity index (χ0v) is 17.6. The second-order valence-electron chi connectivity index (χ2n) is 7.42.